The van der Waals surface area contributed by atoms with E-state index in [1.807, 2.05) is 78.6 Å². The van der Waals surface area contributed by atoms with E-state index in [1.54, 1.807) is 6.07 Å². The van der Waals surface area contributed by atoms with Crippen molar-refractivity contribution in [2.24, 2.45) is 5.92 Å². The molecule has 7 heteroatoms. The first-order valence-corrected chi connectivity index (χ1v) is 12.8. The second-order valence-corrected chi connectivity index (χ2v) is 9.32. The summed E-state index contributed by atoms with van der Waals surface area (Å²) in [5.41, 5.74) is 3.78. The average Bonchev–Trinajstić information content (AvgIpc) is 3.37. The molecule has 2 heterocycles. The Labute approximate surface area is 216 Å². The van der Waals surface area contributed by atoms with E-state index in [2.05, 4.69) is 10.3 Å². The van der Waals surface area contributed by atoms with Gasteiger partial charge in [-0.1, -0.05) is 36.4 Å². The van der Waals surface area contributed by atoms with Gasteiger partial charge in [-0.25, -0.2) is 4.98 Å². The summed E-state index contributed by atoms with van der Waals surface area (Å²) in [6.07, 6.45) is 2.07. The van der Waals surface area contributed by atoms with Crippen molar-refractivity contribution >= 4 is 22.9 Å². The number of piperidine rings is 1. The van der Waals surface area contributed by atoms with E-state index in [0.29, 0.717) is 49.7 Å². The molecule has 1 aromatic heterocycles. The Balaban J connectivity index is 1.13. The Morgan fingerprint density at radius 3 is 2.57 bits per heavy atom. The van der Waals surface area contributed by atoms with E-state index in [0.717, 1.165) is 35.2 Å². The number of nitrogens with one attached hydrogen (secondary N) is 1. The SMILES string of the molecule is CCOc1ccccc1CNC(=O)CC1CCN(C(=O)c2ccc3nc(-c4ccccc4)oc3c2)CC1. The molecule has 1 saturated heterocycles. The van der Waals surface area contributed by atoms with Gasteiger partial charge in [0.25, 0.3) is 5.91 Å². The van der Waals surface area contributed by atoms with E-state index in [4.69, 9.17) is 9.15 Å². The average molecular weight is 498 g/mol. The molecule has 0 spiro atoms. The van der Waals surface area contributed by atoms with E-state index in [-0.39, 0.29) is 17.7 Å². The molecule has 2 amide bonds. The third-order valence-electron chi connectivity index (χ3n) is 6.78. The maximum Gasteiger partial charge on any atom is 0.253 e. The molecule has 1 N–H and O–H groups in total. The van der Waals surface area contributed by atoms with Gasteiger partial charge >= 0.3 is 0 Å². The summed E-state index contributed by atoms with van der Waals surface area (Å²) in [6, 6.07) is 22.9. The first-order chi connectivity index (χ1) is 18.1. The molecule has 37 heavy (non-hydrogen) atoms. The second kappa shape index (κ2) is 11.3. The summed E-state index contributed by atoms with van der Waals surface area (Å²) in [6.45, 7) is 4.24. The van der Waals surface area contributed by atoms with Crippen LogP contribution in [-0.2, 0) is 11.3 Å². The highest BCUT2D eigenvalue weighted by atomic mass is 16.5. The smallest absolute Gasteiger partial charge is 0.253 e. The number of hydrogen-bond acceptors (Lipinski definition) is 5. The van der Waals surface area contributed by atoms with Crippen molar-refractivity contribution in [1.29, 1.82) is 0 Å². The van der Waals surface area contributed by atoms with Crippen molar-refractivity contribution < 1.29 is 18.7 Å². The fraction of sp³-hybridized carbons (Fsp3) is 0.300. The number of nitrogens with zero attached hydrogens (tertiary/aromatic N) is 2. The van der Waals surface area contributed by atoms with Crippen LogP contribution in [0.15, 0.2) is 77.2 Å². The lowest BCUT2D eigenvalue weighted by Crippen LogP contribution is -2.39. The number of likely N-dealkylation sites (tertiary alicyclic amines) is 1. The predicted molar refractivity (Wildman–Crippen MR) is 142 cm³/mol. The minimum absolute atomic E-state index is 0.0185. The molecule has 3 aromatic carbocycles. The van der Waals surface area contributed by atoms with Gasteiger partial charge in [-0.2, -0.15) is 0 Å². The van der Waals surface area contributed by atoms with Gasteiger partial charge in [-0.05, 0) is 62.1 Å². The normalized spacial score (nSPS) is 14.0. The summed E-state index contributed by atoms with van der Waals surface area (Å²) in [5, 5.41) is 3.02. The van der Waals surface area contributed by atoms with Crippen LogP contribution in [0.3, 0.4) is 0 Å². The Hall–Kier alpha value is -4.13. The maximum absolute atomic E-state index is 13.2. The summed E-state index contributed by atoms with van der Waals surface area (Å²) < 4.78 is 11.6. The van der Waals surface area contributed by atoms with Gasteiger partial charge in [-0.15, -0.1) is 0 Å². The molecule has 0 unspecified atom stereocenters. The lowest BCUT2D eigenvalue weighted by molar-refractivity contribution is -0.122. The Morgan fingerprint density at radius 2 is 1.78 bits per heavy atom. The van der Waals surface area contributed by atoms with Crippen LogP contribution in [0, 0.1) is 5.92 Å². The van der Waals surface area contributed by atoms with Gasteiger partial charge < -0.3 is 19.4 Å². The van der Waals surface area contributed by atoms with Crippen LogP contribution < -0.4 is 10.1 Å². The number of fused-ring (bicyclic) bond motifs is 1. The summed E-state index contributed by atoms with van der Waals surface area (Å²) in [4.78, 5) is 32.1. The molecule has 1 fully saturated rings. The van der Waals surface area contributed by atoms with Gasteiger partial charge in [0, 0.05) is 42.7 Å². The molecular weight excluding hydrogens is 466 g/mol. The van der Waals surface area contributed by atoms with Crippen molar-refractivity contribution in [3.05, 3.63) is 83.9 Å². The Kier molecular flexibility index (Phi) is 7.49. The molecule has 1 aliphatic heterocycles. The van der Waals surface area contributed by atoms with E-state index >= 15 is 0 Å². The first-order valence-electron chi connectivity index (χ1n) is 12.8. The molecular formula is C30H31N3O4. The molecule has 1 aliphatic rings. The maximum atomic E-state index is 13.2. The zero-order chi connectivity index (χ0) is 25.6. The zero-order valence-electron chi connectivity index (χ0n) is 21.0. The topological polar surface area (TPSA) is 84.7 Å². The van der Waals surface area contributed by atoms with Crippen LogP contribution in [0.1, 0.15) is 42.1 Å². The van der Waals surface area contributed by atoms with Crippen LogP contribution in [0.25, 0.3) is 22.6 Å². The molecule has 0 saturated carbocycles. The van der Waals surface area contributed by atoms with Gasteiger partial charge in [0.2, 0.25) is 11.8 Å². The number of carbonyl (C=O) groups excluding carboxylic acids is 2. The number of para-hydroxylation sites is 1. The Bertz CT molecular complexity index is 1370. The van der Waals surface area contributed by atoms with Crippen molar-refractivity contribution in [3.8, 4) is 17.2 Å². The number of benzene rings is 3. The molecule has 0 atom stereocenters. The quantitative estimate of drug-likeness (QED) is 0.350. The van der Waals surface area contributed by atoms with E-state index in [1.165, 1.54) is 0 Å². The Morgan fingerprint density at radius 1 is 1.03 bits per heavy atom. The highest BCUT2D eigenvalue weighted by Crippen LogP contribution is 2.27. The van der Waals surface area contributed by atoms with Crippen LogP contribution in [0.2, 0.25) is 0 Å². The van der Waals surface area contributed by atoms with Crippen LogP contribution in [0.5, 0.6) is 5.75 Å². The fourth-order valence-corrected chi connectivity index (χ4v) is 4.76. The third kappa shape index (κ3) is 5.82. The minimum Gasteiger partial charge on any atom is -0.494 e. The molecule has 0 bridgehead atoms. The number of rotatable bonds is 8. The van der Waals surface area contributed by atoms with Gasteiger partial charge in [-0.3, -0.25) is 9.59 Å². The molecule has 0 aliphatic carbocycles. The number of amides is 2. The fourth-order valence-electron chi connectivity index (χ4n) is 4.76. The van der Waals surface area contributed by atoms with Crippen LogP contribution >= 0.6 is 0 Å². The van der Waals surface area contributed by atoms with Gasteiger partial charge in [0.15, 0.2) is 5.58 Å². The molecule has 4 aromatic rings. The molecule has 190 valence electrons. The van der Waals surface area contributed by atoms with Crippen LogP contribution in [-0.4, -0.2) is 41.4 Å². The zero-order valence-corrected chi connectivity index (χ0v) is 21.0. The minimum atomic E-state index is -0.0185. The van der Waals surface area contributed by atoms with Crippen molar-refractivity contribution in [2.45, 2.75) is 32.7 Å². The molecule has 5 rings (SSSR count). The highest BCUT2D eigenvalue weighted by molar-refractivity contribution is 5.97. The number of carbonyl (C=O) groups is 2. The van der Waals surface area contributed by atoms with Crippen molar-refractivity contribution in [2.75, 3.05) is 19.7 Å². The van der Waals surface area contributed by atoms with Crippen molar-refractivity contribution in [1.82, 2.24) is 15.2 Å². The summed E-state index contributed by atoms with van der Waals surface area (Å²) in [5.74, 6) is 1.62. The van der Waals surface area contributed by atoms with E-state index in [9.17, 15) is 9.59 Å². The summed E-state index contributed by atoms with van der Waals surface area (Å²) >= 11 is 0. The standard InChI is InChI=1S/C30H31N3O4/c1-2-36-26-11-7-6-10-24(26)20-31-28(34)18-21-14-16-33(17-15-21)30(35)23-12-13-25-27(19-23)37-29(32-25)22-8-4-3-5-9-22/h3-13,19,21H,2,14-18,20H2,1H3,(H,31,34). The lowest BCUT2D eigenvalue weighted by atomic mass is 9.92. The predicted octanol–water partition coefficient (Wildman–Crippen LogP) is 5.45. The molecule has 0 radical (unpaired) electrons. The summed E-state index contributed by atoms with van der Waals surface area (Å²) in [7, 11) is 0. The lowest BCUT2D eigenvalue weighted by Gasteiger charge is -2.31. The van der Waals surface area contributed by atoms with Crippen molar-refractivity contribution in [3.63, 3.8) is 0 Å². The largest absolute Gasteiger partial charge is 0.494 e. The third-order valence-corrected chi connectivity index (χ3v) is 6.78. The highest BCUT2D eigenvalue weighted by Gasteiger charge is 2.25. The number of oxazole rings is 1. The number of aromatic nitrogens is 1. The number of ether oxygens (including phenoxy) is 1. The van der Waals surface area contributed by atoms with Gasteiger partial charge in [0.05, 0.1) is 6.61 Å². The monoisotopic (exact) mass is 497 g/mol. The number of hydrogen-bond donors (Lipinski definition) is 1. The van der Waals surface area contributed by atoms with Gasteiger partial charge in [0.1, 0.15) is 11.3 Å². The second-order valence-electron chi connectivity index (χ2n) is 9.32. The molecule has 7 nitrogen and oxygen atoms in total. The van der Waals surface area contributed by atoms with E-state index < -0.39 is 0 Å². The first kappa shape index (κ1) is 24.6. The van der Waals surface area contributed by atoms with Crippen LogP contribution in [0.4, 0.5) is 0 Å².